The standard InChI is InChI=1S/C17H18ClN3O2/c1-12-2-5-15(20-10-12)17(23)6-8-21(9-7-17)16(22)14-4-3-13(18)11-19-14/h2-5,10-11,23H,6-9H2,1H3. The van der Waals surface area contributed by atoms with Gasteiger partial charge in [-0.25, -0.2) is 4.98 Å². The highest BCUT2D eigenvalue weighted by atomic mass is 35.5. The molecule has 1 fully saturated rings. The van der Waals surface area contributed by atoms with E-state index < -0.39 is 5.60 Å². The van der Waals surface area contributed by atoms with Crippen LogP contribution in [0.3, 0.4) is 0 Å². The van der Waals surface area contributed by atoms with Crippen LogP contribution in [0.5, 0.6) is 0 Å². The number of hydrogen-bond acceptors (Lipinski definition) is 4. The average Bonchev–Trinajstić information content (AvgIpc) is 2.56. The molecule has 23 heavy (non-hydrogen) atoms. The summed E-state index contributed by atoms with van der Waals surface area (Å²) < 4.78 is 0. The fraction of sp³-hybridized carbons (Fsp3) is 0.353. The summed E-state index contributed by atoms with van der Waals surface area (Å²) in [5.74, 6) is -0.138. The van der Waals surface area contributed by atoms with Crippen molar-refractivity contribution in [3.05, 3.63) is 58.6 Å². The average molecular weight is 332 g/mol. The Balaban J connectivity index is 1.69. The molecular weight excluding hydrogens is 314 g/mol. The van der Waals surface area contributed by atoms with E-state index in [1.807, 2.05) is 19.1 Å². The number of pyridine rings is 2. The van der Waals surface area contributed by atoms with Crippen molar-refractivity contribution in [2.75, 3.05) is 13.1 Å². The monoisotopic (exact) mass is 331 g/mol. The number of nitrogens with zero attached hydrogens (tertiary/aromatic N) is 3. The van der Waals surface area contributed by atoms with Gasteiger partial charge in [-0.05, 0) is 43.5 Å². The minimum absolute atomic E-state index is 0.138. The third-order valence-electron chi connectivity index (χ3n) is 4.21. The van der Waals surface area contributed by atoms with Crippen LogP contribution in [-0.4, -0.2) is 39.0 Å². The lowest BCUT2D eigenvalue weighted by Crippen LogP contribution is -2.45. The zero-order valence-electron chi connectivity index (χ0n) is 12.9. The SMILES string of the molecule is Cc1ccc(C2(O)CCN(C(=O)c3ccc(Cl)cn3)CC2)nc1. The van der Waals surface area contributed by atoms with E-state index in [1.165, 1.54) is 6.20 Å². The molecule has 1 saturated heterocycles. The van der Waals surface area contributed by atoms with Gasteiger partial charge in [-0.15, -0.1) is 0 Å². The van der Waals surface area contributed by atoms with Crippen LogP contribution in [-0.2, 0) is 5.60 Å². The maximum Gasteiger partial charge on any atom is 0.272 e. The zero-order valence-corrected chi connectivity index (χ0v) is 13.6. The van der Waals surface area contributed by atoms with Gasteiger partial charge in [0.05, 0.1) is 10.7 Å². The summed E-state index contributed by atoms with van der Waals surface area (Å²) in [5.41, 5.74) is 1.12. The van der Waals surface area contributed by atoms with Gasteiger partial charge in [0.2, 0.25) is 0 Å². The second-order valence-electron chi connectivity index (χ2n) is 5.91. The Hall–Kier alpha value is -1.98. The van der Waals surface area contributed by atoms with Crippen LogP contribution in [0, 0.1) is 6.92 Å². The summed E-state index contributed by atoms with van der Waals surface area (Å²) in [7, 11) is 0. The van der Waals surface area contributed by atoms with Crippen molar-refractivity contribution in [1.29, 1.82) is 0 Å². The van der Waals surface area contributed by atoms with E-state index in [-0.39, 0.29) is 5.91 Å². The van der Waals surface area contributed by atoms with Crippen LogP contribution in [0.15, 0.2) is 36.7 Å². The van der Waals surface area contributed by atoms with Crippen LogP contribution in [0.2, 0.25) is 5.02 Å². The van der Waals surface area contributed by atoms with Gasteiger partial charge in [-0.2, -0.15) is 0 Å². The number of likely N-dealkylation sites (tertiary alicyclic amines) is 1. The summed E-state index contributed by atoms with van der Waals surface area (Å²) >= 11 is 5.79. The van der Waals surface area contributed by atoms with Crippen molar-refractivity contribution < 1.29 is 9.90 Å². The molecule has 0 atom stereocenters. The predicted molar refractivity (Wildman–Crippen MR) is 87.3 cm³/mol. The summed E-state index contributed by atoms with van der Waals surface area (Å²) in [4.78, 5) is 22.5. The molecule has 5 nitrogen and oxygen atoms in total. The van der Waals surface area contributed by atoms with Crippen molar-refractivity contribution in [2.24, 2.45) is 0 Å². The molecule has 0 aromatic carbocycles. The molecule has 120 valence electrons. The molecule has 2 aromatic heterocycles. The minimum Gasteiger partial charge on any atom is -0.383 e. The molecule has 6 heteroatoms. The molecule has 0 aliphatic carbocycles. The van der Waals surface area contributed by atoms with E-state index in [2.05, 4.69) is 9.97 Å². The summed E-state index contributed by atoms with van der Waals surface area (Å²) in [6.07, 6.45) is 4.14. The fourth-order valence-electron chi connectivity index (χ4n) is 2.74. The van der Waals surface area contributed by atoms with E-state index in [0.29, 0.717) is 42.3 Å². The molecule has 0 unspecified atom stereocenters. The first-order valence-corrected chi connectivity index (χ1v) is 7.92. The Morgan fingerprint density at radius 2 is 1.91 bits per heavy atom. The number of carbonyl (C=O) groups is 1. The molecule has 1 aliphatic rings. The molecule has 1 N–H and O–H groups in total. The fourth-order valence-corrected chi connectivity index (χ4v) is 2.86. The first-order chi connectivity index (χ1) is 11.0. The molecule has 0 radical (unpaired) electrons. The molecule has 0 saturated carbocycles. The van der Waals surface area contributed by atoms with Crippen molar-refractivity contribution >= 4 is 17.5 Å². The summed E-state index contributed by atoms with van der Waals surface area (Å²) in [6, 6.07) is 7.06. The Labute approximate surface area is 139 Å². The van der Waals surface area contributed by atoms with E-state index >= 15 is 0 Å². The zero-order chi connectivity index (χ0) is 16.4. The largest absolute Gasteiger partial charge is 0.383 e. The first kappa shape index (κ1) is 15.9. The van der Waals surface area contributed by atoms with E-state index in [4.69, 9.17) is 11.6 Å². The second-order valence-corrected chi connectivity index (χ2v) is 6.34. The summed E-state index contributed by atoms with van der Waals surface area (Å²) in [6.45, 7) is 2.89. The number of aliphatic hydroxyl groups is 1. The van der Waals surface area contributed by atoms with Crippen molar-refractivity contribution in [2.45, 2.75) is 25.4 Å². The van der Waals surface area contributed by atoms with Gasteiger partial charge in [-0.3, -0.25) is 9.78 Å². The number of aryl methyl sites for hydroxylation is 1. The number of aromatic nitrogens is 2. The lowest BCUT2D eigenvalue weighted by atomic mass is 9.87. The minimum atomic E-state index is -0.974. The topological polar surface area (TPSA) is 66.3 Å². The van der Waals surface area contributed by atoms with Gasteiger partial charge < -0.3 is 10.0 Å². The van der Waals surface area contributed by atoms with E-state index in [0.717, 1.165) is 5.56 Å². The van der Waals surface area contributed by atoms with Crippen LogP contribution in [0.25, 0.3) is 0 Å². The van der Waals surface area contributed by atoms with Crippen LogP contribution < -0.4 is 0 Å². The Kier molecular flexibility index (Phi) is 4.33. The molecule has 3 heterocycles. The number of rotatable bonds is 2. The smallest absolute Gasteiger partial charge is 0.272 e. The Morgan fingerprint density at radius 1 is 1.17 bits per heavy atom. The first-order valence-electron chi connectivity index (χ1n) is 7.54. The number of amides is 1. The summed E-state index contributed by atoms with van der Waals surface area (Å²) in [5, 5.41) is 11.3. The van der Waals surface area contributed by atoms with Gasteiger partial charge in [-0.1, -0.05) is 17.7 Å². The van der Waals surface area contributed by atoms with Gasteiger partial charge in [0.15, 0.2) is 0 Å². The Morgan fingerprint density at radius 3 is 2.48 bits per heavy atom. The lowest BCUT2D eigenvalue weighted by Gasteiger charge is -2.37. The third-order valence-corrected chi connectivity index (χ3v) is 4.44. The highest BCUT2D eigenvalue weighted by Crippen LogP contribution is 2.32. The molecule has 1 amide bonds. The van der Waals surface area contributed by atoms with Crippen LogP contribution in [0.1, 0.15) is 34.6 Å². The Bertz CT molecular complexity index is 693. The maximum atomic E-state index is 12.4. The maximum absolute atomic E-state index is 12.4. The molecule has 3 rings (SSSR count). The van der Waals surface area contributed by atoms with Gasteiger partial charge in [0.25, 0.3) is 5.91 Å². The van der Waals surface area contributed by atoms with Crippen LogP contribution in [0.4, 0.5) is 0 Å². The third kappa shape index (κ3) is 3.35. The van der Waals surface area contributed by atoms with E-state index in [9.17, 15) is 9.90 Å². The normalized spacial score (nSPS) is 17.1. The molecule has 0 spiro atoms. The highest BCUT2D eigenvalue weighted by molar-refractivity contribution is 6.30. The number of halogens is 1. The number of piperidine rings is 1. The van der Waals surface area contributed by atoms with Gasteiger partial charge in [0.1, 0.15) is 11.3 Å². The number of hydrogen-bond donors (Lipinski definition) is 1. The molecule has 2 aromatic rings. The van der Waals surface area contributed by atoms with Gasteiger partial charge in [0, 0.05) is 25.5 Å². The molecule has 1 aliphatic heterocycles. The van der Waals surface area contributed by atoms with Crippen molar-refractivity contribution in [3.63, 3.8) is 0 Å². The highest BCUT2D eigenvalue weighted by Gasteiger charge is 2.36. The molecule has 0 bridgehead atoms. The van der Waals surface area contributed by atoms with Gasteiger partial charge >= 0.3 is 0 Å². The van der Waals surface area contributed by atoms with Crippen molar-refractivity contribution in [3.8, 4) is 0 Å². The van der Waals surface area contributed by atoms with Crippen LogP contribution >= 0.6 is 11.6 Å². The number of carbonyl (C=O) groups excluding carboxylic acids is 1. The lowest BCUT2D eigenvalue weighted by molar-refractivity contribution is -0.0245. The molecular formula is C17H18ClN3O2. The van der Waals surface area contributed by atoms with Crippen molar-refractivity contribution in [1.82, 2.24) is 14.9 Å². The quantitative estimate of drug-likeness (QED) is 0.918. The predicted octanol–water partition coefficient (Wildman–Crippen LogP) is 2.56. The second kappa shape index (κ2) is 6.26. The van der Waals surface area contributed by atoms with E-state index in [1.54, 1.807) is 23.2 Å².